The summed E-state index contributed by atoms with van der Waals surface area (Å²) in [6.45, 7) is 0. The number of fused-ring (bicyclic) bond motifs is 1. The fraction of sp³-hybridized carbons (Fsp3) is 0.400. The molecule has 1 aromatic carbocycles. The zero-order valence-electron chi connectivity index (χ0n) is 11.4. The zero-order chi connectivity index (χ0) is 14.1. The van der Waals surface area contributed by atoms with Gasteiger partial charge in [0.1, 0.15) is 0 Å². The van der Waals surface area contributed by atoms with E-state index >= 15 is 0 Å². The number of nitrogens with two attached hydrogens (primary N) is 1. The number of hydrogen-bond donors (Lipinski definition) is 2. The van der Waals surface area contributed by atoms with Gasteiger partial charge in [-0.1, -0.05) is 0 Å². The van der Waals surface area contributed by atoms with Crippen LogP contribution >= 0.6 is 0 Å². The van der Waals surface area contributed by atoms with Gasteiger partial charge in [-0.25, -0.2) is 4.39 Å². The quantitative estimate of drug-likeness (QED) is 0.845. The monoisotopic (exact) mass is 275 g/mol. The maximum Gasteiger partial charge on any atom is 0.150 e. The minimum atomic E-state index is -0.352. The van der Waals surface area contributed by atoms with Crippen molar-refractivity contribution in [1.29, 1.82) is 0 Å². The van der Waals surface area contributed by atoms with Crippen molar-refractivity contribution in [1.82, 2.24) is 4.98 Å². The number of ether oxygens (including phenoxy) is 1. The predicted octanol–water partition coefficient (Wildman–Crippen LogP) is 2.94. The van der Waals surface area contributed by atoms with Gasteiger partial charge in [0.25, 0.3) is 0 Å². The number of anilines is 2. The van der Waals surface area contributed by atoms with Gasteiger partial charge in [0.15, 0.2) is 5.82 Å². The topological polar surface area (TPSA) is 60.2 Å². The average Bonchev–Trinajstić information content (AvgIpc) is 2.91. The Morgan fingerprint density at radius 1 is 1.45 bits per heavy atom. The Morgan fingerprint density at radius 2 is 2.30 bits per heavy atom. The molecule has 20 heavy (non-hydrogen) atoms. The van der Waals surface area contributed by atoms with Crippen molar-refractivity contribution in [3.05, 3.63) is 30.2 Å². The van der Waals surface area contributed by atoms with Gasteiger partial charge in [-0.2, -0.15) is 0 Å². The predicted molar refractivity (Wildman–Crippen MR) is 78.2 cm³/mol. The molecule has 5 heteroatoms. The number of hydrogen-bond acceptors (Lipinski definition) is 4. The van der Waals surface area contributed by atoms with Crippen LogP contribution in [0, 0.1) is 5.82 Å². The molecule has 1 fully saturated rings. The van der Waals surface area contributed by atoms with Crippen LogP contribution in [0.25, 0.3) is 10.9 Å². The Labute approximate surface area is 117 Å². The number of benzene rings is 1. The third-order valence-electron chi connectivity index (χ3n) is 3.94. The van der Waals surface area contributed by atoms with Gasteiger partial charge in [0.05, 0.1) is 17.3 Å². The fourth-order valence-electron chi connectivity index (χ4n) is 2.86. The summed E-state index contributed by atoms with van der Waals surface area (Å²) in [5.41, 5.74) is 7.29. The summed E-state index contributed by atoms with van der Waals surface area (Å²) in [6, 6.07) is 5.23. The SMILES string of the molecule is COC1CCC(Nc2c(F)cc(N)c3cccnc23)C1. The molecule has 0 saturated heterocycles. The molecule has 0 bridgehead atoms. The first-order valence-corrected chi connectivity index (χ1v) is 6.81. The maximum atomic E-state index is 14.2. The molecular weight excluding hydrogens is 257 g/mol. The molecule has 0 amide bonds. The standard InChI is InChI=1S/C15H18FN3O/c1-20-10-5-4-9(7-10)19-15-12(16)8-13(17)11-3-2-6-18-14(11)15/h2-3,6,8-10,19H,4-5,7,17H2,1H3. The van der Waals surface area contributed by atoms with Crippen LogP contribution < -0.4 is 11.1 Å². The number of nitrogens with one attached hydrogen (secondary N) is 1. The smallest absolute Gasteiger partial charge is 0.150 e. The van der Waals surface area contributed by atoms with Gasteiger partial charge in [-0.05, 0) is 37.5 Å². The van der Waals surface area contributed by atoms with Gasteiger partial charge in [-0.15, -0.1) is 0 Å². The highest BCUT2D eigenvalue weighted by Crippen LogP contribution is 2.32. The molecule has 0 spiro atoms. The lowest BCUT2D eigenvalue weighted by molar-refractivity contribution is 0.108. The molecule has 1 heterocycles. The number of aromatic nitrogens is 1. The highest BCUT2D eigenvalue weighted by atomic mass is 19.1. The van der Waals surface area contributed by atoms with E-state index in [1.54, 1.807) is 19.4 Å². The molecule has 3 N–H and O–H groups in total. The molecule has 0 aliphatic heterocycles. The van der Waals surface area contributed by atoms with Gasteiger partial charge in [-0.3, -0.25) is 4.98 Å². The highest BCUT2D eigenvalue weighted by Gasteiger charge is 2.25. The second kappa shape index (κ2) is 5.25. The van der Waals surface area contributed by atoms with Crippen LogP contribution in [0.1, 0.15) is 19.3 Å². The van der Waals surface area contributed by atoms with Crippen molar-refractivity contribution in [3.8, 4) is 0 Å². The summed E-state index contributed by atoms with van der Waals surface area (Å²) < 4.78 is 19.5. The zero-order valence-corrected chi connectivity index (χ0v) is 11.4. The van der Waals surface area contributed by atoms with E-state index in [0.717, 1.165) is 24.6 Å². The van der Waals surface area contributed by atoms with E-state index < -0.39 is 0 Å². The highest BCUT2D eigenvalue weighted by molar-refractivity contribution is 5.98. The summed E-state index contributed by atoms with van der Waals surface area (Å²) in [6.07, 6.45) is 4.75. The van der Waals surface area contributed by atoms with Crippen LogP contribution in [0.5, 0.6) is 0 Å². The van der Waals surface area contributed by atoms with Crippen molar-refractivity contribution in [2.75, 3.05) is 18.2 Å². The second-order valence-electron chi connectivity index (χ2n) is 5.23. The minimum Gasteiger partial charge on any atom is -0.398 e. The van der Waals surface area contributed by atoms with Gasteiger partial charge in [0, 0.05) is 30.4 Å². The van der Waals surface area contributed by atoms with Crippen molar-refractivity contribution in [2.24, 2.45) is 0 Å². The van der Waals surface area contributed by atoms with E-state index in [2.05, 4.69) is 10.3 Å². The second-order valence-corrected chi connectivity index (χ2v) is 5.23. The van der Waals surface area contributed by atoms with Gasteiger partial charge < -0.3 is 15.8 Å². The van der Waals surface area contributed by atoms with E-state index in [0.29, 0.717) is 16.9 Å². The number of nitrogen functional groups attached to an aromatic ring is 1. The molecule has 1 aliphatic rings. The van der Waals surface area contributed by atoms with Crippen molar-refractivity contribution >= 4 is 22.3 Å². The summed E-state index contributed by atoms with van der Waals surface area (Å²) >= 11 is 0. The summed E-state index contributed by atoms with van der Waals surface area (Å²) in [7, 11) is 1.72. The van der Waals surface area contributed by atoms with Crippen LogP contribution in [0.3, 0.4) is 0 Å². The molecule has 0 radical (unpaired) electrons. The van der Waals surface area contributed by atoms with E-state index in [9.17, 15) is 4.39 Å². The van der Waals surface area contributed by atoms with Crippen molar-refractivity contribution in [3.63, 3.8) is 0 Å². The first kappa shape index (κ1) is 13.1. The normalized spacial score (nSPS) is 22.3. The number of rotatable bonds is 3. The number of pyridine rings is 1. The van der Waals surface area contributed by atoms with Crippen molar-refractivity contribution < 1.29 is 9.13 Å². The molecule has 3 rings (SSSR count). The summed E-state index contributed by atoms with van der Waals surface area (Å²) in [5, 5.41) is 4.05. The molecule has 106 valence electrons. The largest absolute Gasteiger partial charge is 0.398 e. The summed E-state index contributed by atoms with van der Waals surface area (Å²) in [5.74, 6) is -0.352. The Kier molecular flexibility index (Phi) is 3.44. The number of halogens is 1. The molecule has 2 atom stereocenters. The van der Waals surface area contributed by atoms with Gasteiger partial charge in [0.2, 0.25) is 0 Å². The maximum absolute atomic E-state index is 14.2. The van der Waals surface area contributed by atoms with E-state index in [4.69, 9.17) is 10.5 Å². The van der Waals surface area contributed by atoms with E-state index in [1.165, 1.54) is 6.07 Å². The Hall–Kier alpha value is -1.88. The van der Waals surface area contributed by atoms with Crippen LogP contribution in [0.2, 0.25) is 0 Å². The van der Waals surface area contributed by atoms with Crippen LogP contribution in [0.15, 0.2) is 24.4 Å². The lowest BCUT2D eigenvalue weighted by atomic mass is 10.1. The fourth-order valence-corrected chi connectivity index (χ4v) is 2.86. The molecule has 1 saturated carbocycles. The average molecular weight is 275 g/mol. The van der Waals surface area contributed by atoms with Crippen molar-refractivity contribution in [2.45, 2.75) is 31.4 Å². The first-order chi connectivity index (χ1) is 9.69. The first-order valence-electron chi connectivity index (χ1n) is 6.81. The van der Waals surface area contributed by atoms with Crippen LogP contribution in [-0.2, 0) is 4.74 Å². The third kappa shape index (κ3) is 2.29. The number of methoxy groups -OCH3 is 1. The van der Waals surface area contributed by atoms with E-state index in [1.807, 2.05) is 6.07 Å². The molecule has 1 aliphatic carbocycles. The third-order valence-corrected chi connectivity index (χ3v) is 3.94. The molecule has 1 aromatic heterocycles. The number of nitrogens with zero attached hydrogens (tertiary/aromatic N) is 1. The van der Waals surface area contributed by atoms with Crippen LogP contribution in [0.4, 0.5) is 15.8 Å². The van der Waals surface area contributed by atoms with E-state index in [-0.39, 0.29) is 18.0 Å². The lowest BCUT2D eigenvalue weighted by Crippen LogP contribution is -2.18. The van der Waals surface area contributed by atoms with Crippen LogP contribution in [-0.4, -0.2) is 24.2 Å². The molecule has 2 unspecified atom stereocenters. The molecule has 2 aromatic rings. The minimum absolute atomic E-state index is 0.211. The molecular formula is C15H18FN3O. The Balaban J connectivity index is 1.95. The Morgan fingerprint density at radius 3 is 3.05 bits per heavy atom. The Bertz CT molecular complexity index is 632. The van der Waals surface area contributed by atoms with Gasteiger partial charge >= 0.3 is 0 Å². The molecule has 4 nitrogen and oxygen atoms in total. The lowest BCUT2D eigenvalue weighted by Gasteiger charge is -2.17. The summed E-state index contributed by atoms with van der Waals surface area (Å²) in [4.78, 5) is 4.27.